The summed E-state index contributed by atoms with van der Waals surface area (Å²) in [5, 5.41) is 4.86. The van der Waals surface area contributed by atoms with Crippen LogP contribution < -0.4 is 9.80 Å². The first kappa shape index (κ1) is 42.9. The number of hydrogen-bond donors (Lipinski definition) is 0. The largest absolute Gasteiger partial charge is 0.310 e. The van der Waals surface area contributed by atoms with Crippen LogP contribution in [0.4, 0.5) is 34.1 Å². The van der Waals surface area contributed by atoms with Crippen LogP contribution in [0.1, 0.15) is 49.9 Å². The van der Waals surface area contributed by atoms with E-state index in [4.69, 9.17) is 0 Å². The Morgan fingerprint density at radius 3 is 1.47 bits per heavy atom. The molecule has 0 atom stereocenters. The number of fused-ring (bicyclic) bond motifs is 10. The average Bonchev–Trinajstić information content (AvgIpc) is 3.99. The number of nitrogens with zero attached hydrogens (tertiary/aromatic N) is 3. The van der Waals surface area contributed by atoms with Gasteiger partial charge in [0.05, 0.1) is 11.0 Å². The van der Waals surface area contributed by atoms with E-state index < -0.39 is 0 Å². The van der Waals surface area contributed by atoms with Crippen molar-refractivity contribution in [2.24, 2.45) is 0 Å². The number of para-hydroxylation sites is 3. The quantitative estimate of drug-likeness (QED) is 0.150. The maximum atomic E-state index is 2.47. The molecule has 11 aromatic carbocycles. The molecule has 0 saturated heterocycles. The van der Waals surface area contributed by atoms with Gasteiger partial charge in [-0.2, -0.15) is 0 Å². The molecular formula is C70H53N3. The molecule has 348 valence electrons. The second-order valence-corrected chi connectivity index (χ2v) is 21.0. The zero-order chi connectivity index (χ0) is 49.0. The van der Waals surface area contributed by atoms with E-state index in [9.17, 15) is 0 Å². The third-order valence-electron chi connectivity index (χ3n) is 16.1. The fraction of sp³-hybridized carbons (Fsp3) is 0.0857. The van der Waals surface area contributed by atoms with Crippen molar-refractivity contribution in [1.82, 2.24) is 4.57 Å². The molecule has 73 heavy (non-hydrogen) atoms. The molecule has 0 aliphatic heterocycles. The Hall–Kier alpha value is -8.92. The van der Waals surface area contributed by atoms with Crippen molar-refractivity contribution in [2.45, 2.75) is 38.5 Å². The highest BCUT2D eigenvalue weighted by Gasteiger charge is 2.37. The van der Waals surface area contributed by atoms with Gasteiger partial charge >= 0.3 is 0 Å². The van der Waals surface area contributed by atoms with Crippen LogP contribution in [0.3, 0.4) is 0 Å². The first-order chi connectivity index (χ1) is 35.7. The number of anilines is 6. The van der Waals surface area contributed by atoms with Gasteiger partial charge in [-0.3, -0.25) is 0 Å². The van der Waals surface area contributed by atoms with Crippen molar-refractivity contribution >= 4 is 66.7 Å². The summed E-state index contributed by atoms with van der Waals surface area (Å²) in [6, 6.07) is 92.3. The summed E-state index contributed by atoms with van der Waals surface area (Å²) >= 11 is 0. The lowest BCUT2D eigenvalue weighted by atomic mass is 9.82. The van der Waals surface area contributed by atoms with Crippen molar-refractivity contribution in [1.29, 1.82) is 0 Å². The molecule has 0 saturated carbocycles. The van der Waals surface area contributed by atoms with Crippen molar-refractivity contribution in [3.8, 4) is 39.1 Å². The van der Waals surface area contributed by atoms with Gasteiger partial charge in [0.1, 0.15) is 0 Å². The zero-order valence-electron chi connectivity index (χ0n) is 41.5. The summed E-state index contributed by atoms with van der Waals surface area (Å²) in [5.74, 6) is 0. The minimum absolute atomic E-state index is 0.105. The molecule has 0 N–H and O–H groups in total. The van der Waals surface area contributed by atoms with E-state index in [-0.39, 0.29) is 10.8 Å². The molecule has 0 unspecified atom stereocenters. The van der Waals surface area contributed by atoms with Crippen LogP contribution in [-0.2, 0) is 10.8 Å². The van der Waals surface area contributed by atoms with E-state index in [0.717, 1.165) is 45.3 Å². The standard InChI is InChI=1S/C70H53N3/c1-69(2)63-28-16-13-25-57(63)59-36-34-53(44-65(59)69)72(51-23-9-6-10-24-51)56-41-49(40-55(43-56)71(50-21-7-5-8-22-50)52-33-31-46-19-11-12-20-47(46)39-52)48-32-38-68-62(42-48)61-27-15-18-30-67(61)73(68)54-35-37-60-58-26-14-17-29-64(58)70(3,4)66(60)45-54/h5-45H,1-4H3. The van der Waals surface area contributed by atoms with E-state index in [1.54, 1.807) is 0 Å². The Balaban J connectivity index is 0.992. The summed E-state index contributed by atoms with van der Waals surface area (Å²) in [4.78, 5) is 4.87. The maximum absolute atomic E-state index is 2.47. The van der Waals surface area contributed by atoms with Crippen LogP contribution in [0.15, 0.2) is 249 Å². The highest BCUT2D eigenvalue weighted by Crippen LogP contribution is 2.53. The summed E-state index contributed by atoms with van der Waals surface area (Å²) in [7, 11) is 0. The predicted molar refractivity (Wildman–Crippen MR) is 308 cm³/mol. The predicted octanol–water partition coefficient (Wildman–Crippen LogP) is 19.2. The van der Waals surface area contributed by atoms with Gasteiger partial charge in [0.2, 0.25) is 0 Å². The highest BCUT2D eigenvalue weighted by atomic mass is 15.2. The van der Waals surface area contributed by atoms with Gasteiger partial charge < -0.3 is 14.4 Å². The molecule has 0 spiro atoms. The Labute approximate surface area is 427 Å². The molecule has 1 aromatic heterocycles. The van der Waals surface area contributed by atoms with Crippen molar-refractivity contribution in [2.75, 3.05) is 9.80 Å². The topological polar surface area (TPSA) is 11.4 Å². The Morgan fingerprint density at radius 1 is 0.288 bits per heavy atom. The van der Waals surface area contributed by atoms with Crippen LogP contribution >= 0.6 is 0 Å². The lowest BCUT2D eigenvalue weighted by molar-refractivity contribution is 0.660. The summed E-state index contributed by atoms with van der Waals surface area (Å²) in [6.45, 7) is 9.46. The molecule has 3 heteroatoms. The number of aromatic nitrogens is 1. The maximum Gasteiger partial charge on any atom is 0.0541 e. The Bertz CT molecular complexity index is 4160. The third-order valence-corrected chi connectivity index (χ3v) is 16.1. The summed E-state index contributed by atoms with van der Waals surface area (Å²) < 4.78 is 2.47. The molecule has 12 aromatic rings. The molecule has 0 bridgehead atoms. The van der Waals surface area contributed by atoms with Gasteiger partial charge in [-0.25, -0.2) is 0 Å². The van der Waals surface area contributed by atoms with Crippen molar-refractivity contribution < 1.29 is 0 Å². The number of rotatable bonds is 8. The van der Waals surface area contributed by atoms with E-state index >= 15 is 0 Å². The van der Waals surface area contributed by atoms with Gasteiger partial charge in [0, 0.05) is 61.4 Å². The lowest BCUT2D eigenvalue weighted by Crippen LogP contribution is -2.17. The molecule has 0 fully saturated rings. The second-order valence-electron chi connectivity index (χ2n) is 21.0. The molecule has 3 nitrogen and oxygen atoms in total. The molecular weight excluding hydrogens is 883 g/mol. The number of hydrogen-bond acceptors (Lipinski definition) is 2. The molecule has 2 aliphatic rings. The monoisotopic (exact) mass is 935 g/mol. The molecule has 1 heterocycles. The van der Waals surface area contributed by atoms with Crippen LogP contribution in [0.2, 0.25) is 0 Å². The van der Waals surface area contributed by atoms with Crippen LogP contribution in [0.25, 0.3) is 71.6 Å². The van der Waals surface area contributed by atoms with Gasteiger partial charge in [-0.1, -0.05) is 179 Å². The van der Waals surface area contributed by atoms with E-state index in [2.05, 4.69) is 291 Å². The van der Waals surface area contributed by atoms with Gasteiger partial charge in [0.25, 0.3) is 0 Å². The van der Waals surface area contributed by atoms with Crippen LogP contribution in [-0.4, -0.2) is 4.57 Å². The first-order valence-corrected chi connectivity index (χ1v) is 25.6. The van der Waals surface area contributed by atoms with E-state index in [1.807, 2.05) is 0 Å². The van der Waals surface area contributed by atoms with E-state index in [1.165, 1.54) is 82.8 Å². The van der Waals surface area contributed by atoms with Gasteiger partial charge in [-0.15, -0.1) is 0 Å². The van der Waals surface area contributed by atoms with Crippen molar-refractivity contribution in [3.63, 3.8) is 0 Å². The minimum Gasteiger partial charge on any atom is -0.310 e. The normalized spacial score (nSPS) is 13.7. The lowest BCUT2D eigenvalue weighted by Gasteiger charge is -2.31. The molecule has 0 amide bonds. The van der Waals surface area contributed by atoms with Gasteiger partial charge in [-0.05, 0) is 163 Å². The van der Waals surface area contributed by atoms with Gasteiger partial charge in [0.15, 0.2) is 0 Å². The minimum atomic E-state index is -0.160. The summed E-state index contributed by atoms with van der Waals surface area (Å²) in [6.07, 6.45) is 0. The van der Waals surface area contributed by atoms with Crippen molar-refractivity contribution in [3.05, 3.63) is 271 Å². The second kappa shape index (κ2) is 16.3. The fourth-order valence-electron chi connectivity index (χ4n) is 12.5. The smallest absolute Gasteiger partial charge is 0.0541 e. The first-order valence-electron chi connectivity index (χ1n) is 25.6. The molecule has 2 aliphatic carbocycles. The SMILES string of the molecule is CC1(C)c2ccccc2-c2ccc(N(c3ccccc3)c3cc(-c4ccc5c(c4)c4ccccc4n5-c4ccc5c(c4)C(C)(C)c4ccccc4-5)cc(N(c4ccccc4)c4ccc5ccccc5c4)c3)cc21. The number of benzene rings is 11. The zero-order valence-corrected chi connectivity index (χ0v) is 41.5. The molecule has 14 rings (SSSR count). The van der Waals surface area contributed by atoms with Crippen LogP contribution in [0, 0.1) is 0 Å². The third kappa shape index (κ3) is 6.72. The Morgan fingerprint density at radius 2 is 0.795 bits per heavy atom. The summed E-state index contributed by atoms with van der Waals surface area (Å²) in [5.41, 5.74) is 22.8. The Kier molecular flexibility index (Phi) is 9.59. The average molecular weight is 936 g/mol. The van der Waals surface area contributed by atoms with Crippen LogP contribution in [0.5, 0.6) is 0 Å². The van der Waals surface area contributed by atoms with E-state index in [0.29, 0.717) is 0 Å². The fourth-order valence-corrected chi connectivity index (χ4v) is 12.5. The highest BCUT2D eigenvalue weighted by molar-refractivity contribution is 6.11. The molecule has 0 radical (unpaired) electrons.